The molecule has 0 bridgehead atoms. The molecule has 7 aromatic rings. The number of carbonyl (C=O) groups excluding carboxylic acids is 3. The van der Waals surface area contributed by atoms with E-state index in [0.29, 0.717) is 11.3 Å². The Kier molecular flexibility index (Phi) is 10.3. The molecule has 2 heterocycles. The van der Waals surface area contributed by atoms with Crippen molar-refractivity contribution in [1.82, 2.24) is 19.5 Å². The van der Waals surface area contributed by atoms with E-state index in [1.807, 2.05) is 97.9 Å². The minimum absolute atomic E-state index is 0.00697. The highest BCUT2D eigenvalue weighted by atomic mass is 32.2. The Labute approximate surface area is 348 Å². The molecule has 0 unspecified atom stereocenters. The van der Waals surface area contributed by atoms with Gasteiger partial charge in [0.1, 0.15) is 28.4 Å². The molecule has 60 heavy (non-hydrogen) atoms. The SMILES string of the molecule is Cc1ccc(S(=O)(=O)n2cc(CCNC(=O)OC(C)(C)C)c3c2C(=O)c2c(-c4ccc(OC(c5ccccc5)(c5ccccc5)c5ccccc5)cc4)n[nH]c2C3=O)cc1. The molecule has 5 aromatic carbocycles. The monoisotopic (exact) mass is 818 g/mol. The van der Waals surface area contributed by atoms with Crippen LogP contribution in [0.15, 0.2) is 151 Å². The van der Waals surface area contributed by atoms with Gasteiger partial charge < -0.3 is 14.8 Å². The summed E-state index contributed by atoms with van der Waals surface area (Å²) in [7, 11) is -4.37. The fourth-order valence-electron chi connectivity index (χ4n) is 7.55. The van der Waals surface area contributed by atoms with Gasteiger partial charge in [-0.1, -0.05) is 109 Å². The van der Waals surface area contributed by atoms with Crippen molar-refractivity contribution in [3.8, 4) is 17.0 Å². The van der Waals surface area contributed by atoms with Gasteiger partial charge in [0, 0.05) is 35.0 Å². The molecule has 2 N–H and O–H groups in total. The molecule has 0 atom stereocenters. The van der Waals surface area contributed by atoms with Gasteiger partial charge in [0.25, 0.3) is 10.0 Å². The number of aryl methyl sites for hydroxylation is 1. The molecule has 0 saturated carbocycles. The first-order valence-electron chi connectivity index (χ1n) is 19.4. The first-order chi connectivity index (χ1) is 28.8. The maximum atomic E-state index is 14.7. The Morgan fingerprint density at radius 2 is 1.28 bits per heavy atom. The van der Waals surface area contributed by atoms with Crippen LogP contribution in [0.25, 0.3) is 11.3 Å². The second kappa shape index (κ2) is 15.6. The Morgan fingerprint density at radius 3 is 1.82 bits per heavy atom. The molecule has 8 rings (SSSR count). The molecule has 12 heteroatoms. The number of amides is 1. The van der Waals surface area contributed by atoms with Gasteiger partial charge in [0.05, 0.1) is 16.0 Å². The fourth-order valence-corrected chi connectivity index (χ4v) is 8.94. The third-order valence-corrected chi connectivity index (χ3v) is 12.0. The number of nitrogens with one attached hydrogen (secondary N) is 2. The number of alkyl carbamates (subject to hydrolysis) is 1. The van der Waals surface area contributed by atoms with E-state index in [1.54, 1.807) is 57.2 Å². The number of carbonyl (C=O) groups is 3. The maximum Gasteiger partial charge on any atom is 0.407 e. The number of rotatable bonds is 11. The molecule has 1 aliphatic carbocycles. The van der Waals surface area contributed by atoms with E-state index in [2.05, 4.69) is 15.5 Å². The predicted molar refractivity (Wildman–Crippen MR) is 227 cm³/mol. The Bertz CT molecular complexity index is 2730. The van der Waals surface area contributed by atoms with Crippen molar-refractivity contribution in [1.29, 1.82) is 0 Å². The maximum absolute atomic E-state index is 14.7. The number of ether oxygens (including phenoxy) is 2. The predicted octanol–water partition coefficient (Wildman–Crippen LogP) is 8.64. The normalized spacial score (nSPS) is 12.7. The van der Waals surface area contributed by atoms with Gasteiger partial charge in [-0.25, -0.2) is 17.2 Å². The fraction of sp³-hybridized carbons (Fsp3) is 0.167. The molecule has 0 spiro atoms. The van der Waals surface area contributed by atoms with Crippen molar-refractivity contribution in [3.63, 3.8) is 0 Å². The van der Waals surface area contributed by atoms with Crippen LogP contribution in [0.3, 0.4) is 0 Å². The zero-order valence-corrected chi connectivity index (χ0v) is 34.2. The van der Waals surface area contributed by atoms with Crippen molar-refractivity contribution < 1.29 is 32.3 Å². The van der Waals surface area contributed by atoms with Crippen LogP contribution in [-0.2, 0) is 26.8 Å². The highest BCUT2D eigenvalue weighted by Gasteiger charge is 2.42. The van der Waals surface area contributed by atoms with Gasteiger partial charge in [0.15, 0.2) is 5.60 Å². The van der Waals surface area contributed by atoms with Gasteiger partial charge in [-0.3, -0.25) is 14.7 Å². The Balaban J connectivity index is 1.17. The second-order valence-corrected chi connectivity index (χ2v) is 17.4. The average molecular weight is 819 g/mol. The lowest BCUT2D eigenvalue weighted by Crippen LogP contribution is -2.36. The van der Waals surface area contributed by atoms with Gasteiger partial charge >= 0.3 is 6.09 Å². The van der Waals surface area contributed by atoms with Crippen LogP contribution in [0.4, 0.5) is 4.79 Å². The zero-order chi connectivity index (χ0) is 42.2. The van der Waals surface area contributed by atoms with E-state index in [1.165, 1.54) is 18.3 Å². The number of aromatic nitrogens is 3. The van der Waals surface area contributed by atoms with Crippen molar-refractivity contribution in [2.24, 2.45) is 0 Å². The average Bonchev–Trinajstić information content (AvgIpc) is 3.87. The van der Waals surface area contributed by atoms with E-state index < -0.39 is 38.9 Å². The molecule has 0 saturated heterocycles. The minimum atomic E-state index is -4.37. The summed E-state index contributed by atoms with van der Waals surface area (Å²) < 4.78 is 41.8. The third kappa shape index (κ3) is 7.30. The largest absolute Gasteiger partial charge is 0.473 e. The molecular weight excluding hydrogens is 777 g/mol. The topological polar surface area (TPSA) is 149 Å². The molecule has 2 aromatic heterocycles. The number of hydrogen-bond acceptors (Lipinski definition) is 8. The van der Waals surface area contributed by atoms with Crippen LogP contribution in [0, 0.1) is 6.92 Å². The standard InChI is InChI=1S/C48H42N4O7S/c1-31-20-26-38(27-21-31)60(56,57)52-30-33(28-29-49-46(55)59-47(2,3)4)39-43(52)45(54)40-41(50-51-42(40)44(39)53)32-22-24-37(25-23-32)58-48(34-14-8-5-9-15-34,35-16-10-6-11-17-35)36-18-12-7-13-19-36/h5-27,30H,28-29H2,1-4H3,(H,49,55)(H,50,51). The van der Waals surface area contributed by atoms with E-state index in [4.69, 9.17) is 9.47 Å². The smallest absolute Gasteiger partial charge is 0.407 e. The lowest BCUT2D eigenvalue weighted by atomic mass is 9.80. The highest BCUT2D eigenvalue weighted by molar-refractivity contribution is 7.90. The first-order valence-corrected chi connectivity index (χ1v) is 20.9. The van der Waals surface area contributed by atoms with E-state index in [9.17, 15) is 22.8 Å². The van der Waals surface area contributed by atoms with Gasteiger partial charge in [0.2, 0.25) is 11.6 Å². The van der Waals surface area contributed by atoms with Crippen LogP contribution >= 0.6 is 0 Å². The van der Waals surface area contributed by atoms with Gasteiger partial charge in [-0.15, -0.1) is 0 Å². The number of ketones is 2. The molecular formula is C48H42N4O7S. The van der Waals surface area contributed by atoms with Crippen LogP contribution < -0.4 is 10.1 Å². The van der Waals surface area contributed by atoms with E-state index >= 15 is 0 Å². The molecule has 1 aliphatic rings. The van der Waals surface area contributed by atoms with Crippen molar-refractivity contribution in [3.05, 3.63) is 196 Å². The highest BCUT2D eigenvalue weighted by Crippen LogP contribution is 2.42. The summed E-state index contributed by atoms with van der Waals surface area (Å²) >= 11 is 0. The summed E-state index contributed by atoms with van der Waals surface area (Å²) in [5, 5.41) is 9.87. The summed E-state index contributed by atoms with van der Waals surface area (Å²) in [4.78, 5) is 41.5. The minimum Gasteiger partial charge on any atom is -0.473 e. The zero-order valence-electron chi connectivity index (χ0n) is 33.4. The lowest BCUT2D eigenvalue weighted by molar-refractivity contribution is 0.0528. The number of aromatic amines is 1. The van der Waals surface area contributed by atoms with E-state index in [0.717, 1.165) is 26.2 Å². The number of H-pyrrole nitrogens is 1. The van der Waals surface area contributed by atoms with Crippen LogP contribution in [0.2, 0.25) is 0 Å². The van der Waals surface area contributed by atoms with Gasteiger partial charge in [-0.05, 0) is 76.1 Å². The Morgan fingerprint density at radius 1 is 0.733 bits per heavy atom. The Hall–Kier alpha value is -7.05. The number of fused-ring (bicyclic) bond motifs is 2. The van der Waals surface area contributed by atoms with Crippen molar-refractivity contribution in [2.75, 3.05) is 6.54 Å². The van der Waals surface area contributed by atoms with Gasteiger partial charge in [-0.2, -0.15) is 5.10 Å². The third-order valence-electron chi connectivity index (χ3n) is 10.3. The number of benzene rings is 5. The number of nitrogens with zero attached hydrogens (tertiary/aromatic N) is 2. The summed E-state index contributed by atoms with van der Waals surface area (Å²) in [6, 6.07) is 43.1. The quantitative estimate of drug-likeness (QED) is 0.123. The van der Waals surface area contributed by atoms with Crippen LogP contribution in [0.5, 0.6) is 5.75 Å². The molecule has 302 valence electrons. The molecule has 0 fully saturated rings. The van der Waals surface area contributed by atoms with Crippen LogP contribution in [-0.4, -0.2) is 52.4 Å². The first kappa shape index (κ1) is 39.8. The summed E-state index contributed by atoms with van der Waals surface area (Å²) in [5.41, 5.74) is 2.25. The van der Waals surface area contributed by atoms with Crippen molar-refractivity contribution >= 4 is 27.7 Å². The summed E-state index contributed by atoms with van der Waals surface area (Å²) in [6.45, 7) is 7.04. The molecule has 1 amide bonds. The van der Waals surface area contributed by atoms with Crippen molar-refractivity contribution in [2.45, 2.75) is 50.2 Å². The molecule has 0 aliphatic heterocycles. The van der Waals surface area contributed by atoms with E-state index in [-0.39, 0.29) is 51.6 Å². The lowest BCUT2D eigenvalue weighted by Gasteiger charge is -2.36. The molecule has 11 nitrogen and oxygen atoms in total. The number of hydrogen-bond donors (Lipinski definition) is 2. The van der Waals surface area contributed by atoms with Crippen LogP contribution in [0.1, 0.15) is 80.7 Å². The summed E-state index contributed by atoms with van der Waals surface area (Å²) in [6.07, 6.45) is 0.648. The molecule has 0 radical (unpaired) electrons. The summed E-state index contributed by atoms with van der Waals surface area (Å²) in [5.74, 6) is -0.768. The second-order valence-electron chi connectivity index (χ2n) is 15.6.